The van der Waals surface area contributed by atoms with E-state index in [1.807, 2.05) is 24.3 Å². The number of nitrogens with two attached hydrogens (primary N) is 2. The van der Waals surface area contributed by atoms with Crippen LogP contribution in [-0.2, 0) is 10.4 Å². The predicted octanol–water partition coefficient (Wildman–Crippen LogP) is 0.983. The third-order valence-corrected chi connectivity index (χ3v) is 2.70. The molecule has 1 aromatic heterocycles. The van der Waals surface area contributed by atoms with Gasteiger partial charge < -0.3 is 21.2 Å². The summed E-state index contributed by atoms with van der Waals surface area (Å²) in [5.74, 6) is 1.41. The molecule has 11 heteroatoms. The Morgan fingerprint density at radius 2 is 1.80 bits per heavy atom. The fourth-order valence-corrected chi connectivity index (χ4v) is 1.67. The fraction of sp³-hybridized carbons (Fsp3) is 0.286. The lowest BCUT2D eigenvalue weighted by atomic mass is 10.2. The van der Waals surface area contributed by atoms with Crippen LogP contribution in [0.15, 0.2) is 29.1 Å². The maximum atomic E-state index is 11.7. The van der Waals surface area contributed by atoms with Crippen LogP contribution in [0.2, 0.25) is 0 Å². The summed E-state index contributed by atoms with van der Waals surface area (Å²) >= 11 is 0. The molecule has 2 aromatic rings. The van der Waals surface area contributed by atoms with Gasteiger partial charge >= 0.3 is 10.4 Å². The van der Waals surface area contributed by atoms with Crippen molar-refractivity contribution < 1.29 is 22.3 Å². The summed E-state index contributed by atoms with van der Waals surface area (Å²) in [7, 11) is -4.67. The van der Waals surface area contributed by atoms with Crippen molar-refractivity contribution >= 4 is 21.9 Å². The van der Waals surface area contributed by atoms with E-state index in [0.29, 0.717) is 29.7 Å². The maximum absolute atomic E-state index is 11.7. The number of rotatable bonds is 4. The van der Waals surface area contributed by atoms with Crippen molar-refractivity contribution in [2.75, 3.05) is 18.1 Å². The molecule has 0 aliphatic carbocycles. The number of nitrogen functional groups attached to an aromatic ring is 2. The molecular weight excluding hydrogens is 352 g/mol. The van der Waals surface area contributed by atoms with Crippen molar-refractivity contribution in [1.82, 2.24) is 9.97 Å². The van der Waals surface area contributed by atoms with E-state index in [9.17, 15) is 4.79 Å². The van der Waals surface area contributed by atoms with E-state index < -0.39 is 16.0 Å². The molecule has 0 atom stereocenters. The number of anilines is 2. The lowest BCUT2D eigenvalue weighted by Crippen LogP contribution is -2.17. The van der Waals surface area contributed by atoms with Gasteiger partial charge in [-0.25, -0.2) is 4.98 Å². The Balaban J connectivity index is 0.000000550. The zero-order valence-corrected chi connectivity index (χ0v) is 14.4. The SMILES string of the molecule is CC(C)COc1ccccc1-c1nc(N)c(N)c(=O)[nH]1.O=S(=O)(O)O. The molecule has 2 rings (SSSR count). The second-order valence-corrected chi connectivity index (χ2v) is 6.26. The fourth-order valence-electron chi connectivity index (χ4n) is 1.67. The van der Waals surface area contributed by atoms with E-state index in [-0.39, 0.29) is 11.5 Å². The number of para-hydroxylation sites is 1. The minimum atomic E-state index is -4.67. The van der Waals surface area contributed by atoms with Gasteiger partial charge in [0.25, 0.3) is 5.56 Å². The summed E-state index contributed by atoms with van der Waals surface area (Å²) in [5, 5.41) is 0. The van der Waals surface area contributed by atoms with Crippen molar-refractivity contribution in [3.05, 3.63) is 34.6 Å². The second kappa shape index (κ2) is 8.46. The van der Waals surface area contributed by atoms with E-state index in [2.05, 4.69) is 23.8 Å². The molecule has 0 fully saturated rings. The number of aromatic nitrogens is 2. The predicted molar refractivity (Wildman–Crippen MR) is 93.6 cm³/mol. The van der Waals surface area contributed by atoms with Gasteiger partial charge in [-0.2, -0.15) is 8.42 Å². The van der Waals surface area contributed by atoms with Gasteiger partial charge in [-0.1, -0.05) is 26.0 Å². The van der Waals surface area contributed by atoms with Gasteiger partial charge in [-0.15, -0.1) is 0 Å². The molecule has 0 spiro atoms. The van der Waals surface area contributed by atoms with Crippen LogP contribution in [0.3, 0.4) is 0 Å². The molecule has 1 aromatic carbocycles. The van der Waals surface area contributed by atoms with E-state index in [4.69, 9.17) is 33.7 Å². The third-order valence-electron chi connectivity index (χ3n) is 2.70. The largest absolute Gasteiger partial charge is 0.493 e. The van der Waals surface area contributed by atoms with Gasteiger partial charge in [0, 0.05) is 0 Å². The molecule has 10 nitrogen and oxygen atoms in total. The number of aromatic amines is 1. The van der Waals surface area contributed by atoms with Gasteiger partial charge in [0.05, 0.1) is 12.2 Å². The van der Waals surface area contributed by atoms with Crippen LogP contribution in [0, 0.1) is 5.92 Å². The van der Waals surface area contributed by atoms with E-state index in [1.165, 1.54) is 0 Å². The van der Waals surface area contributed by atoms with Crippen LogP contribution in [0.1, 0.15) is 13.8 Å². The maximum Gasteiger partial charge on any atom is 0.394 e. The highest BCUT2D eigenvalue weighted by Crippen LogP contribution is 2.27. The summed E-state index contributed by atoms with van der Waals surface area (Å²) in [6.45, 7) is 4.69. The summed E-state index contributed by atoms with van der Waals surface area (Å²) < 4.78 is 37.3. The molecule has 0 saturated carbocycles. The minimum absolute atomic E-state index is 0.0161. The summed E-state index contributed by atoms with van der Waals surface area (Å²) in [4.78, 5) is 18.4. The Hall–Kier alpha value is -2.63. The van der Waals surface area contributed by atoms with Gasteiger partial charge in [-0.05, 0) is 18.1 Å². The third kappa shape index (κ3) is 7.20. The first-order valence-electron chi connectivity index (χ1n) is 7.06. The first-order chi connectivity index (χ1) is 11.5. The van der Waals surface area contributed by atoms with Crippen molar-refractivity contribution in [2.24, 2.45) is 5.92 Å². The molecule has 0 bridgehead atoms. The van der Waals surface area contributed by atoms with E-state index in [1.54, 1.807) is 0 Å². The molecule has 1 heterocycles. The monoisotopic (exact) mass is 372 g/mol. The summed E-state index contributed by atoms with van der Waals surface area (Å²) in [6.07, 6.45) is 0. The zero-order valence-electron chi connectivity index (χ0n) is 13.6. The zero-order chi connectivity index (χ0) is 19.2. The average molecular weight is 372 g/mol. The number of H-pyrrole nitrogens is 1. The molecule has 138 valence electrons. The van der Waals surface area contributed by atoms with Crippen molar-refractivity contribution in [2.45, 2.75) is 13.8 Å². The molecule has 0 unspecified atom stereocenters. The number of nitrogens with zero attached hydrogens (tertiary/aromatic N) is 1. The lowest BCUT2D eigenvalue weighted by molar-refractivity contribution is 0.272. The smallest absolute Gasteiger partial charge is 0.394 e. The van der Waals surface area contributed by atoms with Gasteiger partial charge in [0.2, 0.25) is 0 Å². The first-order valence-corrected chi connectivity index (χ1v) is 8.46. The van der Waals surface area contributed by atoms with Gasteiger partial charge in [0.15, 0.2) is 5.82 Å². The van der Waals surface area contributed by atoms with E-state index >= 15 is 0 Å². The first kappa shape index (κ1) is 20.4. The number of nitrogens with one attached hydrogen (secondary N) is 1. The van der Waals surface area contributed by atoms with Crippen molar-refractivity contribution in [3.8, 4) is 17.1 Å². The molecule has 0 aliphatic heterocycles. The minimum Gasteiger partial charge on any atom is -0.493 e. The second-order valence-electron chi connectivity index (χ2n) is 5.36. The number of hydrogen-bond donors (Lipinski definition) is 5. The Bertz CT molecular complexity index is 871. The van der Waals surface area contributed by atoms with Gasteiger partial charge in [-0.3, -0.25) is 13.9 Å². The van der Waals surface area contributed by atoms with Crippen LogP contribution in [0.25, 0.3) is 11.4 Å². The quantitative estimate of drug-likeness (QED) is 0.488. The van der Waals surface area contributed by atoms with Crippen LogP contribution < -0.4 is 21.8 Å². The lowest BCUT2D eigenvalue weighted by Gasteiger charge is -2.13. The molecule has 0 amide bonds. The number of benzene rings is 1. The highest BCUT2D eigenvalue weighted by Gasteiger charge is 2.12. The van der Waals surface area contributed by atoms with E-state index in [0.717, 1.165) is 0 Å². The molecule has 7 N–H and O–H groups in total. The van der Waals surface area contributed by atoms with Crippen LogP contribution >= 0.6 is 0 Å². The van der Waals surface area contributed by atoms with Crippen LogP contribution in [0.5, 0.6) is 5.75 Å². The highest BCUT2D eigenvalue weighted by atomic mass is 32.3. The Morgan fingerprint density at radius 1 is 1.24 bits per heavy atom. The Kier molecular flexibility index (Phi) is 6.91. The Morgan fingerprint density at radius 3 is 2.32 bits per heavy atom. The summed E-state index contributed by atoms with van der Waals surface area (Å²) in [5.41, 5.74) is 11.3. The normalized spacial score (nSPS) is 10.9. The average Bonchev–Trinajstić information content (AvgIpc) is 2.48. The molecule has 0 aliphatic rings. The van der Waals surface area contributed by atoms with Crippen LogP contribution in [0.4, 0.5) is 11.5 Å². The van der Waals surface area contributed by atoms with Crippen molar-refractivity contribution in [1.29, 1.82) is 0 Å². The topological polar surface area (TPSA) is 182 Å². The molecule has 0 saturated heterocycles. The summed E-state index contributed by atoms with van der Waals surface area (Å²) in [6, 6.07) is 7.33. The number of ether oxygens (including phenoxy) is 1. The van der Waals surface area contributed by atoms with Gasteiger partial charge in [0.1, 0.15) is 17.3 Å². The number of hydrogen-bond acceptors (Lipinski definition) is 7. The molecular formula is C14H20N4O6S. The van der Waals surface area contributed by atoms with Crippen LogP contribution in [-0.4, -0.2) is 34.1 Å². The molecule has 25 heavy (non-hydrogen) atoms. The van der Waals surface area contributed by atoms with Crippen molar-refractivity contribution in [3.63, 3.8) is 0 Å². The standard InChI is InChI=1S/C14H18N4O2.H2O4S/c1-8(2)7-20-10-6-4-3-5-9(10)13-17-12(16)11(15)14(19)18-13;1-5(2,3)4/h3-6,8H,7,15H2,1-2H3,(H3,16,17,18,19);(H2,1,2,3,4). The Labute approximate surface area is 144 Å². The molecule has 0 radical (unpaired) electrons. The highest BCUT2D eigenvalue weighted by molar-refractivity contribution is 7.79.